The highest BCUT2D eigenvalue weighted by Gasteiger charge is 2.62. The number of fused-ring (bicyclic) bond motifs is 5. The number of aliphatic hydroxyl groups excluding tert-OH is 2. The fraction of sp³-hybridized carbons (Fsp3) is 0.895. The van der Waals surface area contributed by atoms with Crippen molar-refractivity contribution in [3.8, 4) is 0 Å². The number of aliphatic hydroxyl groups is 2. The van der Waals surface area contributed by atoms with Crippen LogP contribution in [0, 0.1) is 28.6 Å². The first-order chi connectivity index (χ1) is 10.4. The van der Waals surface area contributed by atoms with E-state index in [4.69, 9.17) is 0 Å². The first-order valence-electron chi connectivity index (χ1n) is 9.08. The Morgan fingerprint density at radius 2 is 1.95 bits per heavy atom. The van der Waals surface area contributed by atoms with Gasteiger partial charge in [0.05, 0.1) is 12.2 Å². The van der Waals surface area contributed by atoms with Crippen LogP contribution in [0.3, 0.4) is 0 Å². The third kappa shape index (κ3) is 1.73. The fourth-order valence-electron chi connectivity index (χ4n) is 6.66. The van der Waals surface area contributed by atoms with Gasteiger partial charge in [-0.15, -0.1) is 0 Å². The zero-order valence-electron chi connectivity index (χ0n) is 13.8. The Hall–Kier alpha value is -0.410. The highest BCUT2D eigenvalue weighted by Crippen LogP contribution is 2.65. The van der Waals surface area contributed by atoms with Crippen molar-refractivity contribution in [1.29, 1.82) is 0 Å². The summed E-state index contributed by atoms with van der Waals surface area (Å²) in [5.74, 6) is 1.15. The van der Waals surface area contributed by atoms with Gasteiger partial charge in [0.1, 0.15) is 6.17 Å². The second-order valence-corrected chi connectivity index (χ2v) is 8.77. The molecule has 2 N–H and O–H groups in total. The van der Waals surface area contributed by atoms with Crippen molar-refractivity contribution < 1.29 is 14.6 Å². The van der Waals surface area contributed by atoms with E-state index in [9.17, 15) is 14.6 Å². The van der Waals surface area contributed by atoms with Crippen molar-refractivity contribution in [2.24, 2.45) is 28.6 Å². The highest BCUT2D eigenvalue weighted by atomic mass is 19.1. The van der Waals surface area contributed by atoms with Gasteiger partial charge < -0.3 is 10.2 Å². The Bertz CT molecular complexity index is 504. The molecule has 0 unspecified atom stereocenters. The minimum atomic E-state index is -1.07. The average molecular weight is 308 g/mol. The van der Waals surface area contributed by atoms with E-state index >= 15 is 0 Å². The van der Waals surface area contributed by atoms with Crippen LogP contribution in [0.25, 0.3) is 0 Å². The maximum Gasteiger partial charge on any atom is 0.127 e. The van der Waals surface area contributed by atoms with Gasteiger partial charge in [-0.3, -0.25) is 0 Å². The lowest BCUT2D eigenvalue weighted by Gasteiger charge is -2.58. The molecule has 0 bridgehead atoms. The molecule has 22 heavy (non-hydrogen) atoms. The van der Waals surface area contributed by atoms with Crippen LogP contribution in [0.15, 0.2) is 11.6 Å². The van der Waals surface area contributed by atoms with Crippen LogP contribution in [0.1, 0.15) is 58.8 Å². The summed E-state index contributed by atoms with van der Waals surface area (Å²) in [6, 6.07) is 0. The number of alkyl halides is 1. The van der Waals surface area contributed by atoms with E-state index < -0.39 is 12.3 Å². The summed E-state index contributed by atoms with van der Waals surface area (Å²) < 4.78 is 14.2. The largest absolute Gasteiger partial charge is 0.392 e. The molecule has 0 saturated heterocycles. The lowest BCUT2D eigenvalue weighted by Crippen LogP contribution is -2.54. The Morgan fingerprint density at radius 1 is 1.18 bits per heavy atom. The molecule has 4 aliphatic rings. The van der Waals surface area contributed by atoms with E-state index in [1.165, 1.54) is 5.57 Å². The van der Waals surface area contributed by atoms with Crippen LogP contribution in [-0.2, 0) is 0 Å². The lowest BCUT2D eigenvalue weighted by atomic mass is 9.47. The number of hydrogen-bond donors (Lipinski definition) is 2. The van der Waals surface area contributed by atoms with Gasteiger partial charge in [0.15, 0.2) is 0 Å². The van der Waals surface area contributed by atoms with Gasteiger partial charge in [0.25, 0.3) is 0 Å². The van der Waals surface area contributed by atoms with Crippen LogP contribution < -0.4 is 0 Å². The summed E-state index contributed by atoms with van der Waals surface area (Å²) in [6.07, 6.45) is 6.78. The van der Waals surface area contributed by atoms with Gasteiger partial charge in [0, 0.05) is 5.41 Å². The summed E-state index contributed by atoms with van der Waals surface area (Å²) in [5, 5.41) is 21.1. The van der Waals surface area contributed by atoms with Gasteiger partial charge in [-0.05, 0) is 68.1 Å². The van der Waals surface area contributed by atoms with Gasteiger partial charge in [-0.1, -0.05) is 25.5 Å². The molecule has 8 atom stereocenters. The Balaban J connectivity index is 1.72. The summed E-state index contributed by atoms with van der Waals surface area (Å²) >= 11 is 0. The van der Waals surface area contributed by atoms with Gasteiger partial charge in [-0.2, -0.15) is 0 Å². The molecule has 124 valence electrons. The van der Waals surface area contributed by atoms with Gasteiger partial charge >= 0.3 is 0 Å². The SMILES string of the molecule is C[C@]12CC[C@H]3[C@@H](CC=C4CCC[C@@H](O)[C@@]43C)[C@@H]1C[C@@H](F)[C@H]2O. The van der Waals surface area contributed by atoms with Crippen LogP contribution >= 0.6 is 0 Å². The molecule has 3 saturated carbocycles. The third-order valence-corrected chi connectivity index (χ3v) is 8.09. The lowest BCUT2D eigenvalue weighted by molar-refractivity contribution is -0.102. The van der Waals surface area contributed by atoms with Crippen molar-refractivity contribution in [3.05, 3.63) is 11.6 Å². The Labute approximate surface area is 132 Å². The third-order valence-electron chi connectivity index (χ3n) is 8.09. The van der Waals surface area contributed by atoms with Crippen LogP contribution in [0.5, 0.6) is 0 Å². The maximum atomic E-state index is 14.2. The molecule has 0 aromatic heterocycles. The first-order valence-corrected chi connectivity index (χ1v) is 9.08. The maximum absolute atomic E-state index is 14.2. The molecule has 4 rings (SSSR count). The van der Waals surface area contributed by atoms with Crippen molar-refractivity contribution in [2.45, 2.75) is 77.2 Å². The monoisotopic (exact) mass is 308 g/mol. The molecule has 0 aromatic carbocycles. The molecule has 0 aliphatic heterocycles. The van der Waals surface area contributed by atoms with Crippen molar-refractivity contribution in [1.82, 2.24) is 0 Å². The minimum absolute atomic E-state index is 0.109. The zero-order valence-corrected chi connectivity index (χ0v) is 13.8. The summed E-state index contributed by atoms with van der Waals surface area (Å²) in [5.41, 5.74) is 1.08. The Kier molecular flexibility index (Phi) is 3.30. The summed E-state index contributed by atoms with van der Waals surface area (Å²) in [6.45, 7) is 4.34. The molecule has 2 nitrogen and oxygen atoms in total. The van der Waals surface area contributed by atoms with E-state index in [2.05, 4.69) is 19.9 Å². The van der Waals surface area contributed by atoms with Crippen LogP contribution in [0.2, 0.25) is 0 Å². The fourth-order valence-corrected chi connectivity index (χ4v) is 6.66. The van der Waals surface area contributed by atoms with E-state index in [1.807, 2.05) is 0 Å². The van der Waals surface area contributed by atoms with Gasteiger partial charge in [0.2, 0.25) is 0 Å². The van der Waals surface area contributed by atoms with E-state index in [0.717, 1.165) is 38.5 Å². The molecule has 3 fully saturated rings. The summed E-state index contributed by atoms with van der Waals surface area (Å²) in [7, 11) is 0. The summed E-state index contributed by atoms with van der Waals surface area (Å²) in [4.78, 5) is 0. The number of halogens is 1. The second-order valence-electron chi connectivity index (χ2n) is 8.77. The van der Waals surface area contributed by atoms with E-state index in [0.29, 0.717) is 18.3 Å². The minimum Gasteiger partial charge on any atom is -0.392 e. The van der Waals surface area contributed by atoms with Crippen molar-refractivity contribution >= 4 is 0 Å². The topological polar surface area (TPSA) is 40.5 Å². The predicted molar refractivity (Wildman–Crippen MR) is 84.0 cm³/mol. The molecular formula is C19H29FO2. The van der Waals surface area contributed by atoms with Crippen molar-refractivity contribution in [2.75, 3.05) is 0 Å². The van der Waals surface area contributed by atoms with Crippen LogP contribution in [0.4, 0.5) is 4.39 Å². The molecule has 4 aliphatic carbocycles. The first kappa shape index (κ1) is 15.1. The molecule has 0 heterocycles. The van der Waals surface area contributed by atoms with Crippen LogP contribution in [-0.4, -0.2) is 28.6 Å². The smallest absolute Gasteiger partial charge is 0.127 e. The molecule has 0 spiro atoms. The number of hydrogen-bond acceptors (Lipinski definition) is 2. The van der Waals surface area contributed by atoms with Gasteiger partial charge in [-0.25, -0.2) is 4.39 Å². The van der Waals surface area contributed by atoms with E-state index in [1.54, 1.807) is 0 Å². The average Bonchev–Trinajstić information content (AvgIpc) is 2.72. The Morgan fingerprint density at radius 3 is 2.73 bits per heavy atom. The zero-order chi connectivity index (χ0) is 15.7. The molecule has 0 aromatic rings. The highest BCUT2D eigenvalue weighted by molar-refractivity contribution is 5.26. The predicted octanol–water partition coefficient (Wildman–Crippen LogP) is 3.62. The number of rotatable bonds is 0. The molecule has 0 radical (unpaired) electrons. The quantitative estimate of drug-likeness (QED) is 0.671. The molecule has 3 heteroatoms. The van der Waals surface area contributed by atoms with Crippen molar-refractivity contribution in [3.63, 3.8) is 0 Å². The van der Waals surface area contributed by atoms with E-state index in [-0.39, 0.29) is 22.9 Å². The molecule has 0 amide bonds. The standard InChI is InChI=1S/C19H29FO2/c1-18-9-8-13-12(14(18)10-15(20)17(18)22)7-6-11-4-3-5-16(21)19(11,13)2/h6,12-17,21-22H,3-5,7-10H2,1-2H3/t12-,13+,14+,15-,16-,17-,18+,19+/m1/s1. The molecular weight excluding hydrogens is 279 g/mol. The second kappa shape index (κ2) is 4.80. The normalized spacial score (nSPS) is 57.6. The number of allylic oxidation sites excluding steroid dienone is 1.